The van der Waals surface area contributed by atoms with Crippen molar-refractivity contribution in [3.05, 3.63) is 47.5 Å². The van der Waals surface area contributed by atoms with Crippen molar-refractivity contribution in [1.29, 1.82) is 0 Å². The Bertz CT molecular complexity index is 178. The molecule has 1 aromatic carbocycles. The number of hydrogen-bond acceptors (Lipinski definition) is 0. The van der Waals surface area contributed by atoms with Crippen LogP contribution in [0.5, 0.6) is 0 Å². The smallest absolute Gasteiger partial charge is 0.0406 e. The standard InChI is InChI=1S/C7H7Cl.C3H6/c1-6-2-4-7(8)5-3-6;1-3-2/h2-5H,1H3;3H,1H2,2H3. The normalized spacial score (nSPS) is 7.91. The Morgan fingerprint density at radius 2 is 1.64 bits per heavy atom. The monoisotopic (exact) mass is 168 g/mol. The lowest BCUT2D eigenvalue weighted by molar-refractivity contribution is 1.48. The summed E-state index contributed by atoms with van der Waals surface area (Å²) >= 11 is 5.61. The van der Waals surface area contributed by atoms with Gasteiger partial charge in [0.25, 0.3) is 0 Å². The van der Waals surface area contributed by atoms with Gasteiger partial charge in [-0.05, 0) is 26.0 Å². The first kappa shape index (κ1) is 10.2. The predicted octanol–water partition coefficient (Wildman–Crippen LogP) is 3.84. The Labute approximate surface area is 73.5 Å². The van der Waals surface area contributed by atoms with Crippen molar-refractivity contribution >= 4 is 11.6 Å². The van der Waals surface area contributed by atoms with Crippen molar-refractivity contribution in [2.75, 3.05) is 0 Å². The minimum absolute atomic E-state index is 0.801. The number of hydrogen-bond donors (Lipinski definition) is 0. The minimum Gasteiger partial charge on any atom is -0.103 e. The van der Waals surface area contributed by atoms with Crippen LogP contribution in [0.15, 0.2) is 36.9 Å². The van der Waals surface area contributed by atoms with Gasteiger partial charge in [-0.2, -0.15) is 0 Å². The second-order valence-corrected chi connectivity index (χ2v) is 2.64. The molecule has 0 fully saturated rings. The molecule has 1 aromatic rings. The van der Waals surface area contributed by atoms with Crippen molar-refractivity contribution in [2.45, 2.75) is 13.8 Å². The van der Waals surface area contributed by atoms with Crippen LogP contribution in [-0.4, -0.2) is 0 Å². The lowest BCUT2D eigenvalue weighted by atomic mass is 10.2. The third-order valence-corrected chi connectivity index (χ3v) is 1.26. The first-order valence-corrected chi connectivity index (χ1v) is 3.87. The third-order valence-electron chi connectivity index (χ3n) is 1.01. The van der Waals surface area contributed by atoms with Crippen molar-refractivity contribution in [1.82, 2.24) is 0 Å². The topological polar surface area (TPSA) is 0 Å². The number of aryl methyl sites for hydroxylation is 1. The van der Waals surface area contributed by atoms with Gasteiger partial charge in [0.15, 0.2) is 0 Å². The van der Waals surface area contributed by atoms with E-state index in [1.54, 1.807) is 6.08 Å². The summed E-state index contributed by atoms with van der Waals surface area (Å²) < 4.78 is 0. The lowest BCUT2D eigenvalue weighted by Gasteiger charge is -1.88. The van der Waals surface area contributed by atoms with Gasteiger partial charge >= 0.3 is 0 Å². The summed E-state index contributed by atoms with van der Waals surface area (Å²) in [6.45, 7) is 7.29. The van der Waals surface area contributed by atoms with Crippen molar-refractivity contribution in [2.24, 2.45) is 0 Å². The molecule has 0 heterocycles. The fourth-order valence-electron chi connectivity index (χ4n) is 0.533. The van der Waals surface area contributed by atoms with Crippen molar-refractivity contribution in [3.8, 4) is 0 Å². The average Bonchev–Trinajstić information content (AvgIpc) is 1.97. The Kier molecular flexibility index (Phi) is 5.58. The zero-order valence-corrected chi connectivity index (χ0v) is 7.73. The van der Waals surface area contributed by atoms with Gasteiger partial charge in [0.2, 0.25) is 0 Å². The van der Waals surface area contributed by atoms with Crippen LogP contribution in [0, 0.1) is 6.92 Å². The Hall–Kier alpha value is -0.750. The number of benzene rings is 1. The molecule has 0 saturated heterocycles. The summed E-state index contributed by atoms with van der Waals surface area (Å²) in [5.41, 5.74) is 1.24. The molecule has 0 N–H and O–H groups in total. The number of rotatable bonds is 0. The van der Waals surface area contributed by atoms with E-state index in [4.69, 9.17) is 11.6 Å². The maximum atomic E-state index is 5.61. The molecule has 1 heteroatoms. The maximum absolute atomic E-state index is 5.61. The maximum Gasteiger partial charge on any atom is 0.0406 e. The van der Waals surface area contributed by atoms with Crippen LogP contribution >= 0.6 is 11.6 Å². The molecule has 0 aliphatic rings. The zero-order chi connectivity index (χ0) is 8.69. The van der Waals surface area contributed by atoms with Gasteiger partial charge in [0.1, 0.15) is 0 Å². The predicted molar refractivity (Wildman–Crippen MR) is 52.1 cm³/mol. The van der Waals surface area contributed by atoms with Gasteiger partial charge in [0, 0.05) is 5.02 Å². The van der Waals surface area contributed by atoms with E-state index >= 15 is 0 Å². The van der Waals surface area contributed by atoms with Crippen molar-refractivity contribution in [3.63, 3.8) is 0 Å². The number of allylic oxidation sites excluding steroid dienone is 1. The highest BCUT2D eigenvalue weighted by molar-refractivity contribution is 6.30. The zero-order valence-electron chi connectivity index (χ0n) is 6.97. The van der Waals surface area contributed by atoms with E-state index in [-0.39, 0.29) is 0 Å². The molecule has 0 amide bonds. The van der Waals surface area contributed by atoms with Crippen LogP contribution in [-0.2, 0) is 0 Å². The van der Waals surface area contributed by atoms with Crippen molar-refractivity contribution < 1.29 is 0 Å². The van der Waals surface area contributed by atoms with Gasteiger partial charge in [-0.3, -0.25) is 0 Å². The fourth-order valence-corrected chi connectivity index (χ4v) is 0.659. The molecular formula is C10H13Cl. The highest BCUT2D eigenvalue weighted by atomic mass is 35.5. The summed E-state index contributed by atoms with van der Waals surface area (Å²) in [6.07, 6.45) is 1.75. The molecule has 60 valence electrons. The molecule has 0 atom stereocenters. The Balaban J connectivity index is 0.000000292. The van der Waals surface area contributed by atoms with Crippen LogP contribution in [0.1, 0.15) is 12.5 Å². The molecule has 0 unspecified atom stereocenters. The summed E-state index contributed by atoms with van der Waals surface area (Å²) in [6, 6.07) is 7.75. The Morgan fingerprint density at radius 3 is 1.91 bits per heavy atom. The SMILES string of the molecule is C=CC.Cc1ccc(Cl)cc1. The molecule has 0 aliphatic heterocycles. The lowest BCUT2D eigenvalue weighted by Crippen LogP contribution is -1.66. The fraction of sp³-hybridized carbons (Fsp3) is 0.200. The van der Waals surface area contributed by atoms with E-state index in [9.17, 15) is 0 Å². The Morgan fingerprint density at radius 1 is 1.27 bits per heavy atom. The molecule has 0 saturated carbocycles. The number of halogens is 1. The molecule has 0 radical (unpaired) electrons. The summed E-state index contributed by atoms with van der Waals surface area (Å²) in [5, 5.41) is 0.801. The highest BCUT2D eigenvalue weighted by Crippen LogP contribution is 2.07. The molecule has 1 rings (SSSR count). The molecule has 0 bridgehead atoms. The van der Waals surface area contributed by atoms with E-state index < -0.39 is 0 Å². The van der Waals surface area contributed by atoms with E-state index in [0.717, 1.165) is 5.02 Å². The van der Waals surface area contributed by atoms with Gasteiger partial charge in [-0.1, -0.05) is 35.4 Å². The van der Waals surface area contributed by atoms with Crippen LogP contribution in [0.2, 0.25) is 5.02 Å². The third kappa shape index (κ3) is 5.68. The van der Waals surface area contributed by atoms with E-state index in [1.165, 1.54) is 5.56 Å². The second kappa shape index (κ2) is 5.99. The summed E-state index contributed by atoms with van der Waals surface area (Å²) in [5.74, 6) is 0. The van der Waals surface area contributed by atoms with Crippen LogP contribution in [0.25, 0.3) is 0 Å². The largest absolute Gasteiger partial charge is 0.103 e. The first-order valence-electron chi connectivity index (χ1n) is 3.50. The molecular weight excluding hydrogens is 156 g/mol. The van der Waals surface area contributed by atoms with E-state index in [2.05, 4.69) is 6.58 Å². The van der Waals surface area contributed by atoms with Gasteiger partial charge in [-0.15, -0.1) is 6.58 Å². The quantitative estimate of drug-likeness (QED) is 0.517. The van der Waals surface area contributed by atoms with Gasteiger partial charge in [0.05, 0.1) is 0 Å². The van der Waals surface area contributed by atoms with Crippen LogP contribution in [0.3, 0.4) is 0 Å². The van der Waals surface area contributed by atoms with E-state index in [0.29, 0.717) is 0 Å². The highest BCUT2D eigenvalue weighted by Gasteiger charge is 1.81. The summed E-state index contributed by atoms with van der Waals surface area (Å²) in [4.78, 5) is 0. The van der Waals surface area contributed by atoms with Gasteiger partial charge < -0.3 is 0 Å². The molecule has 0 nitrogen and oxygen atoms in total. The molecule has 0 aliphatic carbocycles. The van der Waals surface area contributed by atoms with Crippen LogP contribution < -0.4 is 0 Å². The molecule has 0 spiro atoms. The molecule has 11 heavy (non-hydrogen) atoms. The van der Waals surface area contributed by atoms with Crippen LogP contribution in [0.4, 0.5) is 0 Å². The molecule has 0 aromatic heterocycles. The second-order valence-electron chi connectivity index (χ2n) is 2.20. The average molecular weight is 169 g/mol. The summed E-state index contributed by atoms with van der Waals surface area (Å²) in [7, 11) is 0. The van der Waals surface area contributed by atoms with E-state index in [1.807, 2.05) is 38.1 Å². The minimum atomic E-state index is 0.801. The van der Waals surface area contributed by atoms with Gasteiger partial charge in [-0.25, -0.2) is 0 Å². The first-order chi connectivity index (χ1) is 5.20.